The van der Waals surface area contributed by atoms with E-state index in [2.05, 4.69) is 0 Å². The van der Waals surface area contributed by atoms with E-state index >= 15 is 0 Å². The van der Waals surface area contributed by atoms with Crippen LogP contribution in [0.4, 0.5) is 19.0 Å². The number of alkyl halides is 3. The largest absolute Gasteiger partial charge is 0.505 e. The lowest BCUT2D eigenvalue weighted by atomic mass is 10.0. The van der Waals surface area contributed by atoms with E-state index in [0.29, 0.717) is 5.69 Å². The minimum Gasteiger partial charge on any atom is -0.505 e. The summed E-state index contributed by atoms with van der Waals surface area (Å²) in [5.41, 5.74) is 6.02. The van der Waals surface area contributed by atoms with Gasteiger partial charge in [-0.2, -0.15) is 13.2 Å². The fourth-order valence-electron chi connectivity index (χ4n) is 1.95. The number of benzene rings is 1. The Morgan fingerprint density at radius 2 is 1.89 bits per heavy atom. The molecular weight excluding hydrogens is 257 g/mol. The zero-order chi connectivity index (χ0) is 14.4. The summed E-state index contributed by atoms with van der Waals surface area (Å²) in [6.45, 7) is 1.64. The fraction of sp³-hybridized carbons (Fsp3) is 0.231. The first kappa shape index (κ1) is 13.3. The first-order valence-electron chi connectivity index (χ1n) is 5.55. The maximum absolute atomic E-state index is 12.7. The van der Waals surface area contributed by atoms with Crippen molar-refractivity contribution in [3.05, 3.63) is 35.5 Å². The summed E-state index contributed by atoms with van der Waals surface area (Å²) in [4.78, 5) is 0. The van der Waals surface area contributed by atoms with E-state index in [4.69, 9.17) is 5.73 Å². The summed E-state index contributed by atoms with van der Waals surface area (Å²) in [5.74, 6) is 0.133. The first-order valence-corrected chi connectivity index (χ1v) is 5.55. The van der Waals surface area contributed by atoms with Crippen LogP contribution in [0.15, 0.2) is 24.3 Å². The van der Waals surface area contributed by atoms with Crippen LogP contribution >= 0.6 is 0 Å². The number of halogens is 3. The predicted octanol–water partition coefficient (Wildman–Crippen LogP) is 3.31. The Kier molecular flexibility index (Phi) is 2.96. The molecule has 19 heavy (non-hydrogen) atoms. The van der Waals surface area contributed by atoms with Crippen molar-refractivity contribution in [3.8, 4) is 16.9 Å². The molecule has 1 heterocycles. The maximum atomic E-state index is 12.7. The number of aromatic hydroxyl groups is 1. The van der Waals surface area contributed by atoms with Gasteiger partial charge in [-0.3, -0.25) is 0 Å². The van der Waals surface area contributed by atoms with Crippen molar-refractivity contribution in [1.29, 1.82) is 0 Å². The summed E-state index contributed by atoms with van der Waals surface area (Å²) in [7, 11) is 1.64. The number of nitrogens with two attached hydrogens (primary N) is 1. The van der Waals surface area contributed by atoms with E-state index in [1.54, 1.807) is 14.0 Å². The Morgan fingerprint density at radius 3 is 2.37 bits per heavy atom. The standard InChI is InChI=1S/C13H13F3N2O/c1-7-11(19)10(12(17)18(7)2)8-4-3-5-9(6-8)13(14,15)16/h3-6,19H,17H2,1-2H3. The number of nitrogens with zero attached hydrogens (tertiary/aromatic N) is 1. The Labute approximate surface area is 108 Å². The van der Waals surface area contributed by atoms with Crippen molar-refractivity contribution >= 4 is 5.82 Å². The lowest BCUT2D eigenvalue weighted by molar-refractivity contribution is -0.137. The van der Waals surface area contributed by atoms with Gasteiger partial charge in [0.1, 0.15) is 11.6 Å². The molecule has 0 saturated carbocycles. The number of rotatable bonds is 1. The van der Waals surface area contributed by atoms with Crippen molar-refractivity contribution in [2.75, 3.05) is 5.73 Å². The van der Waals surface area contributed by atoms with Gasteiger partial charge < -0.3 is 15.4 Å². The molecule has 3 nitrogen and oxygen atoms in total. The second kappa shape index (κ2) is 4.22. The monoisotopic (exact) mass is 270 g/mol. The van der Waals surface area contributed by atoms with Gasteiger partial charge in [0.25, 0.3) is 0 Å². The fourth-order valence-corrected chi connectivity index (χ4v) is 1.95. The average Bonchev–Trinajstić information content (AvgIpc) is 2.53. The molecule has 0 bridgehead atoms. The second-order valence-corrected chi connectivity index (χ2v) is 4.33. The molecule has 0 amide bonds. The summed E-state index contributed by atoms with van der Waals surface area (Å²) in [6, 6.07) is 4.73. The van der Waals surface area contributed by atoms with Crippen LogP contribution in [0.1, 0.15) is 11.3 Å². The Bertz CT molecular complexity index is 604. The van der Waals surface area contributed by atoms with Crippen molar-refractivity contribution < 1.29 is 18.3 Å². The van der Waals surface area contributed by atoms with Gasteiger partial charge in [-0.25, -0.2) is 0 Å². The number of hydrogen-bond donors (Lipinski definition) is 2. The van der Waals surface area contributed by atoms with Crippen LogP contribution in [0.3, 0.4) is 0 Å². The van der Waals surface area contributed by atoms with E-state index in [1.165, 1.54) is 16.7 Å². The molecule has 0 spiro atoms. The Balaban J connectivity index is 2.64. The molecule has 3 N–H and O–H groups in total. The van der Waals surface area contributed by atoms with E-state index in [-0.39, 0.29) is 22.7 Å². The van der Waals surface area contributed by atoms with Crippen LogP contribution in [0.5, 0.6) is 5.75 Å². The number of nitrogen functional groups attached to an aromatic ring is 1. The van der Waals surface area contributed by atoms with Crippen molar-refractivity contribution in [2.24, 2.45) is 7.05 Å². The van der Waals surface area contributed by atoms with Crippen LogP contribution < -0.4 is 5.73 Å². The quantitative estimate of drug-likeness (QED) is 0.835. The van der Waals surface area contributed by atoms with Crippen LogP contribution in [-0.2, 0) is 13.2 Å². The summed E-state index contributed by atoms with van der Waals surface area (Å²) in [5, 5.41) is 9.96. The molecule has 0 aliphatic heterocycles. The van der Waals surface area contributed by atoms with Gasteiger partial charge in [0, 0.05) is 7.05 Å². The van der Waals surface area contributed by atoms with Crippen LogP contribution in [0.25, 0.3) is 11.1 Å². The van der Waals surface area contributed by atoms with Gasteiger partial charge in [0.05, 0.1) is 16.8 Å². The molecule has 0 fully saturated rings. The Hall–Kier alpha value is -2.11. The average molecular weight is 270 g/mol. The molecule has 2 aromatic rings. The molecule has 1 aromatic heterocycles. The van der Waals surface area contributed by atoms with Gasteiger partial charge >= 0.3 is 6.18 Å². The predicted molar refractivity (Wildman–Crippen MR) is 66.7 cm³/mol. The molecule has 0 unspecified atom stereocenters. The summed E-state index contributed by atoms with van der Waals surface area (Å²) >= 11 is 0. The van der Waals surface area contributed by atoms with Crippen LogP contribution in [0, 0.1) is 6.92 Å². The Morgan fingerprint density at radius 1 is 1.26 bits per heavy atom. The zero-order valence-electron chi connectivity index (χ0n) is 10.4. The topological polar surface area (TPSA) is 51.2 Å². The van der Waals surface area contributed by atoms with Gasteiger partial charge in [-0.1, -0.05) is 12.1 Å². The number of anilines is 1. The lowest BCUT2D eigenvalue weighted by Crippen LogP contribution is -2.04. The highest BCUT2D eigenvalue weighted by molar-refractivity contribution is 5.82. The minimum atomic E-state index is -4.43. The number of hydrogen-bond acceptors (Lipinski definition) is 2. The van der Waals surface area contributed by atoms with E-state index < -0.39 is 11.7 Å². The highest BCUT2D eigenvalue weighted by atomic mass is 19.4. The SMILES string of the molecule is Cc1c(O)c(-c2cccc(C(F)(F)F)c2)c(N)n1C. The van der Waals surface area contributed by atoms with Crippen molar-refractivity contribution in [2.45, 2.75) is 13.1 Å². The highest BCUT2D eigenvalue weighted by Crippen LogP contribution is 2.40. The highest BCUT2D eigenvalue weighted by Gasteiger charge is 2.31. The summed E-state index contributed by atoms with van der Waals surface area (Å²) < 4.78 is 39.5. The first-order chi connectivity index (χ1) is 8.73. The third-order valence-corrected chi connectivity index (χ3v) is 3.18. The van der Waals surface area contributed by atoms with E-state index in [0.717, 1.165) is 12.1 Å². The molecule has 6 heteroatoms. The molecule has 0 aliphatic rings. The van der Waals surface area contributed by atoms with E-state index in [1.807, 2.05) is 0 Å². The van der Waals surface area contributed by atoms with Gasteiger partial charge in [-0.15, -0.1) is 0 Å². The molecule has 102 valence electrons. The third-order valence-electron chi connectivity index (χ3n) is 3.18. The van der Waals surface area contributed by atoms with Gasteiger partial charge in [0.15, 0.2) is 0 Å². The normalized spacial score (nSPS) is 11.8. The maximum Gasteiger partial charge on any atom is 0.416 e. The molecule has 2 rings (SSSR count). The molecule has 0 saturated heterocycles. The van der Waals surface area contributed by atoms with Gasteiger partial charge in [0.2, 0.25) is 0 Å². The van der Waals surface area contributed by atoms with Crippen LogP contribution in [-0.4, -0.2) is 9.67 Å². The molecule has 0 radical (unpaired) electrons. The lowest BCUT2D eigenvalue weighted by Gasteiger charge is -2.09. The second-order valence-electron chi connectivity index (χ2n) is 4.33. The molecule has 0 atom stereocenters. The molecule has 1 aromatic carbocycles. The molecular formula is C13H13F3N2O. The van der Waals surface area contributed by atoms with Gasteiger partial charge in [-0.05, 0) is 24.6 Å². The minimum absolute atomic E-state index is 0.0978. The number of aromatic nitrogens is 1. The van der Waals surface area contributed by atoms with Crippen molar-refractivity contribution in [3.63, 3.8) is 0 Å². The van der Waals surface area contributed by atoms with Crippen LogP contribution in [0.2, 0.25) is 0 Å². The molecule has 0 aliphatic carbocycles. The van der Waals surface area contributed by atoms with Crippen molar-refractivity contribution in [1.82, 2.24) is 4.57 Å². The third kappa shape index (κ3) is 2.14. The van der Waals surface area contributed by atoms with E-state index in [9.17, 15) is 18.3 Å². The smallest absolute Gasteiger partial charge is 0.416 e. The zero-order valence-corrected chi connectivity index (χ0v) is 10.4. The summed E-state index contributed by atoms with van der Waals surface area (Å²) in [6.07, 6.45) is -4.43.